The predicted octanol–water partition coefficient (Wildman–Crippen LogP) is 15.2. The van der Waals surface area contributed by atoms with E-state index in [4.69, 9.17) is 122 Å². The molecule has 1 fully saturated rings. The molecule has 0 amide bonds. The Bertz CT molecular complexity index is 3610. The van der Waals surface area contributed by atoms with Crippen LogP contribution in [0.1, 0.15) is 177 Å². The van der Waals surface area contributed by atoms with Gasteiger partial charge in [0.25, 0.3) is 0 Å². The second kappa shape index (κ2) is 65.1. The minimum atomic E-state index is -2.94. The molecule has 0 radical (unpaired) electrons. The van der Waals surface area contributed by atoms with E-state index in [1.54, 1.807) is 71.4 Å². The quantitative estimate of drug-likeness (QED) is 0.00856. The Kier molecular flexibility index (Phi) is 59.7. The summed E-state index contributed by atoms with van der Waals surface area (Å²) in [5, 5.41) is 4.52. The minimum Gasteiger partial charge on any atom is -0.497 e. The zero-order valence-electron chi connectivity index (χ0n) is 79.0. The maximum absolute atomic E-state index is 11.7. The van der Waals surface area contributed by atoms with Gasteiger partial charge in [0.1, 0.15) is 40.1 Å². The summed E-state index contributed by atoms with van der Waals surface area (Å²) in [6.45, 7) is 55.9. The molecule has 29 nitrogen and oxygen atoms in total. The van der Waals surface area contributed by atoms with E-state index < -0.39 is 64.6 Å². The number of methoxy groups -OCH3 is 2. The Morgan fingerprint density at radius 3 is 0.904 bits per heavy atom. The minimum absolute atomic E-state index is 0.137. The van der Waals surface area contributed by atoms with Crippen LogP contribution in [0.2, 0.25) is 0 Å². The van der Waals surface area contributed by atoms with E-state index in [2.05, 4.69) is 6.58 Å². The van der Waals surface area contributed by atoms with E-state index in [-0.39, 0.29) is 19.1 Å². The SMILES string of the molecule is C=COc1ccc([Si](OCC)(OCC)OCC)cc1.CCO[Si](Cc1ccc(OC)cc1)(OCC)OCC.CCO[Si](OCC)(OCC)c1ccc(OC(=O)OC(C)(C)C)cc1.CCO[Si](OCC)(OCC)c1ccc(OC(C)=O)cc1.CCO[Si](OCC)(OCC)c1ccc(OC2CCCCO2)cc1.CCO[Si](OCC)(OCC)c1ccc(OCOC)cc1. The maximum atomic E-state index is 11.7. The highest BCUT2D eigenvalue weighted by molar-refractivity contribution is 6.77. The molecule has 0 N–H and O–H groups in total. The van der Waals surface area contributed by atoms with E-state index in [0.717, 1.165) is 80.4 Å². The molecule has 1 aliphatic rings. The van der Waals surface area contributed by atoms with Crippen LogP contribution in [0.25, 0.3) is 0 Å². The largest absolute Gasteiger partial charge is 0.537 e. The average molecular weight is 1860 g/mol. The molecule has 1 unspecified atom stereocenters. The highest BCUT2D eigenvalue weighted by Crippen LogP contribution is 2.25. The lowest BCUT2D eigenvalue weighted by Gasteiger charge is -2.29. The highest BCUT2D eigenvalue weighted by atomic mass is 28.4. The summed E-state index contributed by atoms with van der Waals surface area (Å²) in [6, 6.07) is 45.6. The van der Waals surface area contributed by atoms with Crippen molar-refractivity contribution in [2.24, 2.45) is 0 Å². The monoisotopic (exact) mass is 1860 g/mol. The van der Waals surface area contributed by atoms with Crippen LogP contribution in [0.4, 0.5) is 4.79 Å². The van der Waals surface area contributed by atoms with Crippen LogP contribution in [0.3, 0.4) is 0 Å². The Morgan fingerprint density at radius 1 is 0.368 bits per heavy atom. The number of hydrogen-bond donors (Lipinski definition) is 0. The van der Waals surface area contributed by atoms with Gasteiger partial charge in [-0.15, -0.1) is 0 Å². The fraction of sp³-hybridized carbons (Fsp3) is 0.556. The second-order valence-electron chi connectivity index (χ2n) is 26.8. The van der Waals surface area contributed by atoms with E-state index >= 15 is 0 Å². The fourth-order valence-corrected chi connectivity index (χ4v) is 27.0. The van der Waals surface area contributed by atoms with Gasteiger partial charge >= 0.3 is 65.0 Å². The summed E-state index contributed by atoms with van der Waals surface area (Å²) in [4.78, 5) is 22.6. The molecular formula is C90H148O29Si6. The number of ether oxygens (including phenoxy) is 9. The van der Waals surface area contributed by atoms with Crippen molar-refractivity contribution < 1.29 is 132 Å². The number of carbonyl (C=O) groups is 2. The summed E-state index contributed by atoms with van der Waals surface area (Å²) in [6.07, 6.45) is 3.73. The Hall–Kier alpha value is -6.50. The molecule has 35 heteroatoms. The summed E-state index contributed by atoms with van der Waals surface area (Å²) < 4.78 is 153. The molecule has 6 aromatic rings. The van der Waals surface area contributed by atoms with Crippen molar-refractivity contribution in [2.75, 3.05) is 147 Å². The molecular weight excluding hydrogens is 1710 g/mol. The van der Waals surface area contributed by atoms with E-state index in [1.807, 2.05) is 234 Å². The van der Waals surface area contributed by atoms with Gasteiger partial charge in [0.05, 0.1) is 20.0 Å². The van der Waals surface area contributed by atoms with Crippen LogP contribution >= 0.6 is 0 Å². The predicted molar refractivity (Wildman–Crippen MR) is 497 cm³/mol. The van der Waals surface area contributed by atoms with Crippen molar-refractivity contribution in [3.05, 3.63) is 164 Å². The first-order valence-electron chi connectivity index (χ1n) is 43.6. The van der Waals surface area contributed by atoms with Crippen molar-refractivity contribution >= 4 is 90.9 Å². The standard InChI is InChI=1S/C17H28O6Si.C17H28O5Si.C14H24O5Si.C14H22O5Si.C14H24O4Si.C14H22O4Si/c1-7-19-24(20-8-2,21-9-3)15-12-10-14(11-13-15)22-16(18)23-17(4,5)6;1-4-19-23(20-5-2,21-6-3)16-12-10-15(11-13-16)22-17-9-7-8-14-18-17;1-5-17-20(18-6-2,19-7-3)14-10-8-13(9-11-14)16-12-15-4;1-5-16-20(17-6-2,18-7-3)14-10-8-13(9-11-14)19-12(4)15;1-5-16-19(17-6-2,18-7-3)12-13-8-10-14(15-4)11-9-13;1-5-15-13-9-11-14(12-10-13)19(16-6-2,17-7-3)18-8-4/h10-13H,7-9H2,1-6H3;10-13,17H,4-9,14H2,1-3H3;8-11H,5-7,12H2,1-4H3;8-11H,5-7H2,1-4H3;8-11H,5-7,12H2,1-4H3;5,9-12H,1,6-8H2,2-4H3. The molecule has 1 heterocycles. The van der Waals surface area contributed by atoms with Crippen molar-refractivity contribution in [2.45, 2.75) is 190 Å². The van der Waals surface area contributed by atoms with Crippen LogP contribution < -0.4 is 54.4 Å². The first-order chi connectivity index (χ1) is 60.2. The van der Waals surface area contributed by atoms with Crippen LogP contribution in [0, 0.1) is 0 Å². The molecule has 1 aliphatic heterocycles. The van der Waals surface area contributed by atoms with Gasteiger partial charge in [-0.1, -0.05) is 79.4 Å². The summed E-state index contributed by atoms with van der Waals surface area (Å²) in [5.41, 5.74) is 0.542. The molecule has 0 saturated carbocycles. The number of carbonyl (C=O) groups excluding carboxylic acids is 2. The maximum Gasteiger partial charge on any atom is 0.537 e. The van der Waals surface area contributed by atoms with Crippen LogP contribution in [-0.4, -0.2) is 223 Å². The molecule has 6 aromatic carbocycles. The number of esters is 1. The normalized spacial score (nSPS) is 12.9. The smallest absolute Gasteiger partial charge is 0.497 e. The lowest BCUT2D eigenvalue weighted by molar-refractivity contribution is -0.131. The van der Waals surface area contributed by atoms with Crippen LogP contribution in [0.15, 0.2) is 158 Å². The molecule has 706 valence electrons. The molecule has 0 spiro atoms. The van der Waals surface area contributed by atoms with Crippen molar-refractivity contribution in [1.82, 2.24) is 0 Å². The third-order valence-corrected chi connectivity index (χ3v) is 34.8. The summed E-state index contributed by atoms with van der Waals surface area (Å²) >= 11 is 0. The van der Waals surface area contributed by atoms with Gasteiger partial charge in [-0.3, -0.25) is 4.79 Å². The fourth-order valence-electron chi connectivity index (χ4n) is 12.1. The molecule has 1 saturated heterocycles. The lowest BCUT2D eigenvalue weighted by atomic mass is 10.2. The van der Waals surface area contributed by atoms with Gasteiger partial charge in [-0.25, -0.2) is 4.79 Å². The van der Waals surface area contributed by atoms with Gasteiger partial charge < -0.3 is 122 Å². The zero-order valence-corrected chi connectivity index (χ0v) is 85.0. The number of rotatable bonds is 53. The second-order valence-corrected chi connectivity index (χ2v) is 42.2. The number of benzene rings is 6. The van der Waals surface area contributed by atoms with Crippen LogP contribution in [0.5, 0.6) is 34.5 Å². The molecule has 0 aliphatic carbocycles. The van der Waals surface area contributed by atoms with Gasteiger partial charge in [0.2, 0.25) is 0 Å². The topological polar surface area (TPSA) is 283 Å². The molecule has 1 atom stereocenters. The lowest BCUT2D eigenvalue weighted by Crippen LogP contribution is -2.56. The first kappa shape index (κ1) is 115. The third-order valence-electron chi connectivity index (χ3n) is 16.5. The molecule has 0 aromatic heterocycles. The Labute approximate surface area is 753 Å². The van der Waals surface area contributed by atoms with E-state index in [9.17, 15) is 9.59 Å². The van der Waals surface area contributed by atoms with Crippen LogP contribution in [-0.2, 0) is 105 Å². The Balaban J connectivity index is 0.000000509. The highest BCUT2D eigenvalue weighted by Gasteiger charge is 2.48. The zero-order chi connectivity index (χ0) is 92.9. The molecule has 0 bridgehead atoms. The van der Waals surface area contributed by atoms with Crippen molar-refractivity contribution in [3.63, 3.8) is 0 Å². The first-order valence-corrected chi connectivity index (χ1v) is 54.2. The molecule has 125 heavy (non-hydrogen) atoms. The van der Waals surface area contributed by atoms with E-state index in [1.165, 1.54) is 13.2 Å². The molecule has 7 rings (SSSR count). The summed E-state index contributed by atoms with van der Waals surface area (Å²) in [5.74, 6) is 3.65. The van der Waals surface area contributed by atoms with E-state index in [0.29, 0.717) is 136 Å². The van der Waals surface area contributed by atoms with Gasteiger partial charge in [-0.05, 0) is 237 Å². The van der Waals surface area contributed by atoms with Gasteiger partial charge in [0.15, 0.2) is 13.1 Å². The van der Waals surface area contributed by atoms with Crippen molar-refractivity contribution in [1.29, 1.82) is 0 Å². The summed E-state index contributed by atoms with van der Waals surface area (Å²) in [7, 11) is -13.6. The van der Waals surface area contributed by atoms with Gasteiger partial charge in [0, 0.05) is 171 Å². The van der Waals surface area contributed by atoms with Gasteiger partial charge in [-0.2, -0.15) is 0 Å². The average Bonchev–Trinajstić information content (AvgIpc) is 0.825. The van der Waals surface area contributed by atoms with Crippen molar-refractivity contribution in [3.8, 4) is 34.5 Å². The third kappa shape index (κ3) is 41.4. The number of hydrogen-bond acceptors (Lipinski definition) is 29. The Morgan fingerprint density at radius 2 is 0.648 bits per heavy atom.